The summed E-state index contributed by atoms with van der Waals surface area (Å²) < 4.78 is 1.14. The van der Waals surface area contributed by atoms with Crippen LogP contribution in [0.15, 0.2) is 58.1 Å². The van der Waals surface area contributed by atoms with Crippen LogP contribution in [0.1, 0.15) is 19.0 Å². The second kappa shape index (κ2) is 8.85. The van der Waals surface area contributed by atoms with Crippen molar-refractivity contribution in [2.24, 2.45) is 4.99 Å². The van der Waals surface area contributed by atoms with E-state index in [-0.39, 0.29) is 0 Å². The lowest BCUT2D eigenvalue weighted by Gasteiger charge is -2.21. The highest BCUT2D eigenvalue weighted by atomic mass is 79.9. The minimum atomic E-state index is 0.383. The Morgan fingerprint density at radius 2 is 2.12 bits per heavy atom. The molecule has 1 aliphatic rings. The third-order valence-corrected chi connectivity index (χ3v) is 4.86. The molecule has 0 saturated carbocycles. The summed E-state index contributed by atoms with van der Waals surface area (Å²) in [7, 11) is 0. The molecule has 2 heterocycles. The Morgan fingerprint density at radius 3 is 2.88 bits per heavy atom. The number of nitrogens with one attached hydrogen (secondary N) is 2. The number of hydrogen-bond acceptors (Lipinski definition) is 3. The summed E-state index contributed by atoms with van der Waals surface area (Å²) >= 11 is 3.65. The van der Waals surface area contributed by atoms with Gasteiger partial charge < -0.3 is 15.5 Å². The Morgan fingerprint density at radius 1 is 1.28 bits per heavy atom. The van der Waals surface area contributed by atoms with E-state index in [9.17, 15) is 0 Å². The lowest BCUT2D eigenvalue weighted by Crippen LogP contribution is -2.44. The maximum Gasteiger partial charge on any atom is 0.191 e. The van der Waals surface area contributed by atoms with Crippen LogP contribution in [0.3, 0.4) is 0 Å². The van der Waals surface area contributed by atoms with Crippen molar-refractivity contribution in [2.45, 2.75) is 25.9 Å². The molecule has 2 N–H and O–H groups in total. The van der Waals surface area contributed by atoms with Gasteiger partial charge in [0.15, 0.2) is 5.96 Å². The SMILES string of the molecule is CCNC(=NCc1ccccn1)NC1CCN(c2ccccc2Br)C1. The number of para-hydroxylation sites is 1. The number of halogens is 1. The van der Waals surface area contributed by atoms with Crippen LogP contribution in [0.25, 0.3) is 0 Å². The highest BCUT2D eigenvalue weighted by Gasteiger charge is 2.24. The smallest absolute Gasteiger partial charge is 0.191 e. The van der Waals surface area contributed by atoms with Gasteiger partial charge in [-0.1, -0.05) is 18.2 Å². The third kappa shape index (κ3) is 4.95. The molecule has 0 amide bonds. The highest BCUT2D eigenvalue weighted by Crippen LogP contribution is 2.28. The maximum atomic E-state index is 4.67. The summed E-state index contributed by atoms with van der Waals surface area (Å²) in [5.74, 6) is 0.854. The Hall–Kier alpha value is -2.08. The van der Waals surface area contributed by atoms with Gasteiger partial charge in [-0.05, 0) is 53.5 Å². The van der Waals surface area contributed by atoms with E-state index < -0.39 is 0 Å². The molecule has 1 aromatic carbocycles. The first-order valence-corrected chi connectivity index (χ1v) is 9.50. The molecule has 1 unspecified atom stereocenters. The van der Waals surface area contributed by atoms with Gasteiger partial charge in [-0.3, -0.25) is 4.98 Å². The van der Waals surface area contributed by atoms with Gasteiger partial charge >= 0.3 is 0 Å². The topological polar surface area (TPSA) is 52.6 Å². The minimum Gasteiger partial charge on any atom is -0.368 e. The van der Waals surface area contributed by atoms with Gasteiger partial charge in [-0.25, -0.2) is 4.99 Å². The molecule has 3 rings (SSSR count). The quantitative estimate of drug-likeness (QED) is 0.596. The largest absolute Gasteiger partial charge is 0.368 e. The van der Waals surface area contributed by atoms with Crippen LogP contribution < -0.4 is 15.5 Å². The lowest BCUT2D eigenvalue weighted by atomic mass is 10.2. The van der Waals surface area contributed by atoms with Gasteiger partial charge in [0, 0.05) is 36.3 Å². The van der Waals surface area contributed by atoms with E-state index in [0.717, 1.165) is 42.2 Å². The van der Waals surface area contributed by atoms with E-state index in [1.54, 1.807) is 6.20 Å². The number of anilines is 1. The molecule has 0 aliphatic carbocycles. The second-order valence-corrected chi connectivity index (χ2v) is 6.90. The zero-order chi connectivity index (χ0) is 17.5. The van der Waals surface area contributed by atoms with Crippen LogP contribution in [0.4, 0.5) is 5.69 Å². The van der Waals surface area contributed by atoms with Crippen LogP contribution in [-0.4, -0.2) is 36.6 Å². The van der Waals surface area contributed by atoms with Crippen LogP contribution in [-0.2, 0) is 6.54 Å². The molecule has 1 fully saturated rings. The fraction of sp³-hybridized carbons (Fsp3) is 0.368. The maximum absolute atomic E-state index is 4.67. The summed E-state index contributed by atoms with van der Waals surface area (Å²) in [5, 5.41) is 6.89. The second-order valence-electron chi connectivity index (χ2n) is 6.04. The van der Waals surface area contributed by atoms with Crippen LogP contribution in [0, 0.1) is 0 Å². The van der Waals surface area contributed by atoms with Crippen molar-refractivity contribution >= 4 is 27.6 Å². The average Bonchev–Trinajstić information content (AvgIpc) is 3.09. The van der Waals surface area contributed by atoms with Gasteiger partial charge in [-0.15, -0.1) is 0 Å². The van der Waals surface area contributed by atoms with Crippen molar-refractivity contribution in [1.29, 1.82) is 0 Å². The zero-order valence-electron chi connectivity index (χ0n) is 14.5. The molecule has 0 bridgehead atoms. The number of guanidine groups is 1. The van der Waals surface area contributed by atoms with Gasteiger partial charge in [0.2, 0.25) is 0 Å². The number of benzene rings is 1. The van der Waals surface area contributed by atoms with Crippen LogP contribution in [0.5, 0.6) is 0 Å². The fourth-order valence-corrected chi connectivity index (χ4v) is 3.51. The Balaban J connectivity index is 1.60. The summed E-state index contributed by atoms with van der Waals surface area (Å²) in [6, 6.07) is 14.7. The van der Waals surface area contributed by atoms with Crippen molar-refractivity contribution in [3.8, 4) is 0 Å². The molecule has 0 spiro atoms. The predicted octanol–water partition coefficient (Wildman–Crippen LogP) is 3.18. The zero-order valence-corrected chi connectivity index (χ0v) is 16.0. The van der Waals surface area contributed by atoms with E-state index in [4.69, 9.17) is 0 Å². The monoisotopic (exact) mass is 401 g/mol. The van der Waals surface area contributed by atoms with E-state index in [2.05, 4.69) is 66.6 Å². The molecule has 1 aromatic heterocycles. The summed E-state index contributed by atoms with van der Waals surface area (Å²) in [4.78, 5) is 11.4. The van der Waals surface area contributed by atoms with Gasteiger partial charge in [-0.2, -0.15) is 0 Å². The first-order chi connectivity index (χ1) is 12.3. The molecule has 2 aromatic rings. The van der Waals surface area contributed by atoms with Gasteiger partial charge in [0.05, 0.1) is 17.9 Å². The highest BCUT2D eigenvalue weighted by molar-refractivity contribution is 9.10. The summed E-state index contributed by atoms with van der Waals surface area (Å²) in [5.41, 5.74) is 2.23. The number of aromatic nitrogens is 1. The first kappa shape index (κ1) is 17.7. The van der Waals surface area contributed by atoms with Crippen LogP contribution >= 0.6 is 15.9 Å². The van der Waals surface area contributed by atoms with Gasteiger partial charge in [0.1, 0.15) is 0 Å². The van der Waals surface area contributed by atoms with Crippen molar-refractivity contribution < 1.29 is 0 Å². The van der Waals surface area contributed by atoms with E-state index in [1.165, 1.54) is 5.69 Å². The molecule has 5 nitrogen and oxygen atoms in total. The summed E-state index contributed by atoms with van der Waals surface area (Å²) in [6.07, 6.45) is 2.90. The van der Waals surface area contributed by atoms with Crippen molar-refractivity contribution in [1.82, 2.24) is 15.6 Å². The van der Waals surface area contributed by atoms with E-state index in [0.29, 0.717) is 12.6 Å². The minimum absolute atomic E-state index is 0.383. The third-order valence-electron chi connectivity index (χ3n) is 4.19. The number of nitrogens with zero attached hydrogens (tertiary/aromatic N) is 3. The number of aliphatic imine (C=N–C) groups is 1. The molecule has 25 heavy (non-hydrogen) atoms. The standard InChI is InChI=1S/C19H24BrN5/c1-2-21-19(23-13-15-7-5-6-11-22-15)24-16-10-12-25(14-16)18-9-4-3-8-17(18)20/h3-9,11,16H,2,10,12-14H2,1H3,(H2,21,23,24). The van der Waals surface area contributed by atoms with Crippen LogP contribution in [0.2, 0.25) is 0 Å². The fourth-order valence-electron chi connectivity index (χ4n) is 2.97. The van der Waals surface area contributed by atoms with Gasteiger partial charge in [0.25, 0.3) is 0 Å². The van der Waals surface area contributed by atoms with E-state index in [1.807, 2.05) is 24.3 Å². The number of pyridine rings is 1. The molecule has 1 aliphatic heterocycles. The Bertz CT molecular complexity index is 704. The van der Waals surface area contributed by atoms with E-state index >= 15 is 0 Å². The molecule has 1 atom stereocenters. The first-order valence-electron chi connectivity index (χ1n) is 8.70. The Labute approximate surface area is 157 Å². The van der Waals surface area contributed by atoms with Crippen molar-refractivity contribution in [3.63, 3.8) is 0 Å². The number of hydrogen-bond donors (Lipinski definition) is 2. The summed E-state index contributed by atoms with van der Waals surface area (Å²) in [6.45, 7) is 5.52. The lowest BCUT2D eigenvalue weighted by molar-refractivity contribution is 0.648. The number of rotatable bonds is 5. The molecule has 132 valence electrons. The molecule has 6 heteroatoms. The van der Waals surface area contributed by atoms with Crippen molar-refractivity contribution in [2.75, 3.05) is 24.5 Å². The van der Waals surface area contributed by atoms with Crippen molar-refractivity contribution in [3.05, 3.63) is 58.8 Å². The molecular formula is C19H24BrN5. The predicted molar refractivity (Wildman–Crippen MR) is 107 cm³/mol. The molecule has 1 saturated heterocycles. The Kier molecular flexibility index (Phi) is 6.28. The average molecular weight is 402 g/mol. The molecule has 0 radical (unpaired) electrons. The molecular weight excluding hydrogens is 378 g/mol. The normalized spacial score (nSPS) is 17.6.